The van der Waals surface area contributed by atoms with E-state index in [1.54, 1.807) is 54.8 Å². The van der Waals surface area contributed by atoms with Gasteiger partial charge in [0.15, 0.2) is 23.6 Å². The maximum atomic E-state index is 11.6. The number of amides is 1. The molecule has 378 valence electrons. The quantitative estimate of drug-likeness (QED) is 0.0755. The van der Waals surface area contributed by atoms with Crippen LogP contribution >= 0.6 is 11.3 Å². The van der Waals surface area contributed by atoms with Crippen molar-refractivity contribution in [1.82, 2.24) is 9.97 Å². The SMILES string of the molecule is CC(=O)Nc1cc(-c2nc(-c3ccccc3)c(C=O)s2)ccn1.O=C(C=Cc1ccccc1)C=Cc1ccccc1.O=C(C=Cc1ccccc1)C=Cc1ccccc1.O=C(C=Cc1ccccc1)C=Cc1ccccc1. The molecule has 0 aliphatic rings. The van der Waals surface area contributed by atoms with E-state index in [1.807, 2.05) is 249 Å². The smallest absolute Gasteiger partial charge is 0.222 e. The fourth-order valence-corrected chi connectivity index (χ4v) is 7.67. The highest BCUT2D eigenvalue weighted by Crippen LogP contribution is 2.33. The van der Waals surface area contributed by atoms with Gasteiger partial charge in [0.2, 0.25) is 5.91 Å². The normalized spacial score (nSPS) is 10.9. The van der Waals surface area contributed by atoms with Crippen LogP contribution in [0.3, 0.4) is 0 Å². The van der Waals surface area contributed by atoms with Gasteiger partial charge in [0.05, 0.1) is 10.6 Å². The fraction of sp³-hybridized carbons (Fsp3) is 0.0147. The highest BCUT2D eigenvalue weighted by Gasteiger charge is 2.14. The number of pyridine rings is 1. The van der Waals surface area contributed by atoms with Crippen molar-refractivity contribution in [3.63, 3.8) is 0 Å². The molecule has 0 spiro atoms. The first kappa shape index (κ1) is 56.2. The second-order valence-corrected chi connectivity index (χ2v) is 17.5. The first-order valence-corrected chi connectivity index (χ1v) is 25.3. The minimum Gasteiger partial charge on any atom is -0.311 e. The lowest BCUT2D eigenvalue weighted by molar-refractivity contribution is -0.114. The van der Waals surface area contributed by atoms with Crippen LogP contribution in [0.1, 0.15) is 50.0 Å². The van der Waals surface area contributed by atoms with Crippen LogP contribution in [0.2, 0.25) is 0 Å². The van der Waals surface area contributed by atoms with Gasteiger partial charge in [0, 0.05) is 24.2 Å². The number of ketones is 3. The minimum absolute atomic E-state index is 0.0114. The highest BCUT2D eigenvalue weighted by molar-refractivity contribution is 7.17. The molecule has 1 N–H and O–H groups in total. The molecule has 0 aliphatic carbocycles. The number of aromatic nitrogens is 2. The van der Waals surface area contributed by atoms with E-state index in [1.165, 1.54) is 18.3 Å². The summed E-state index contributed by atoms with van der Waals surface area (Å²) in [6.45, 7) is 1.43. The number of allylic oxidation sites excluding steroid dienone is 6. The second kappa shape index (κ2) is 32.2. The van der Waals surface area contributed by atoms with Crippen molar-refractivity contribution in [2.45, 2.75) is 6.92 Å². The third-order valence-corrected chi connectivity index (χ3v) is 11.6. The number of rotatable bonds is 16. The zero-order valence-corrected chi connectivity index (χ0v) is 43.1. The summed E-state index contributed by atoms with van der Waals surface area (Å²) in [5.41, 5.74) is 8.53. The topological polar surface area (TPSA) is 123 Å². The van der Waals surface area contributed by atoms with Gasteiger partial charge in [-0.1, -0.05) is 249 Å². The second-order valence-electron chi connectivity index (χ2n) is 16.5. The van der Waals surface area contributed by atoms with Gasteiger partial charge in [0.25, 0.3) is 0 Å². The van der Waals surface area contributed by atoms with Crippen molar-refractivity contribution in [3.8, 4) is 21.8 Å². The summed E-state index contributed by atoms with van der Waals surface area (Å²) in [7, 11) is 0. The molecule has 9 heteroatoms. The summed E-state index contributed by atoms with van der Waals surface area (Å²) in [5.74, 6) is 0.236. The summed E-state index contributed by atoms with van der Waals surface area (Å²) >= 11 is 1.32. The number of hydrogen-bond acceptors (Lipinski definition) is 8. The van der Waals surface area contributed by atoms with Crippen LogP contribution in [0.15, 0.2) is 267 Å². The molecule has 2 heterocycles. The van der Waals surface area contributed by atoms with Crippen LogP contribution in [-0.4, -0.2) is 39.5 Å². The maximum absolute atomic E-state index is 11.6. The zero-order valence-electron chi connectivity index (χ0n) is 42.3. The Morgan fingerprint density at radius 2 is 0.701 bits per heavy atom. The molecule has 0 unspecified atom stereocenters. The van der Waals surface area contributed by atoms with Crippen LogP contribution in [0.5, 0.6) is 0 Å². The predicted molar refractivity (Wildman–Crippen MR) is 318 cm³/mol. The average molecular weight is 1030 g/mol. The van der Waals surface area contributed by atoms with Crippen LogP contribution in [0.4, 0.5) is 5.82 Å². The molecule has 8 nitrogen and oxygen atoms in total. The third kappa shape index (κ3) is 21.5. The van der Waals surface area contributed by atoms with Crippen LogP contribution < -0.4 is 5.32 Å². The molecule has 9 aromatic rings. The van der Waals surface area contributed by atoms with E-state index in [0.717, 1.165) is 50.8 Å². The van der Waals surface area contributed by atoms with Gasteiger partial charge in [-0.2, -0.15) is 0 Å². The van der Waals surface area contributed by atoms with Gasteiger partial charge in [-0.3, -0.25) is 24.0 Å². The fourth-order valence-electron chi connectivity index (χ4n) is 6.77. The number of carbonyl (C=O) groups is 5. The number of thiazole rings is 1. The summed E-state index contributed by atoms with van der Waals surface area (Å²) < 4.78 is 0. The van der Waals surface area contributed by atoms with Gasteiger partial charge in [0.1, 0.15) is 10.8 Å². The van der Waals surface area contributed by atoms with Gasteiger partial charge in [-0.15, -0.1) is 11.3 Å². The van der Waals surface area contributed by atoms with E-state index in [-0.39, 0.29) is 23.3 Å². The molecule has 77 heavy (non-hydrogen) atoms. The average Bonchev–Trinajstić information content (AvgIpc) is 3.93. The van der Waals surface area contributed by atoms with Crippen molar-refractivity contribution in [2.75, 3.05) is 5.32 Å². The van der Waals surface area contributed by atoms with Crippen molar-refractivity contribution in [1.29, 1.82) is 0 Å². The Morgan fingerprint density at radius 1 is 0.403 bits per heavy atom. The Hall–Kier alpha value is -10.1. The molecule has 0 saturated heterocycles. The van der Waals surface area contributed by atoms with Crippen LogP contribution in [-0.2, 0) is 19.2 Å². The Bertz CT molecular complexity index is 3040. The van der Waals surface area contributed by atoms with Crippen LogP contribution in [0, 0.1) is 0 Å². The molecule has 0 fully saturated rings. The number of benzene rings is 7. The molecule has 0 atom stereocenters. The number of hydrogen-bond donors (Lipinski definition) is 1. The summed E-state index contributed by atoms with van der Waals surface area (Å²) in [6.07, 6.45) is 22.8. The first-order valence-electron chi connectivity index (χ1n) is 24.5. The Kier molecular flexibility index (Phi) is 23.5. The summed E-state index contributed by atoms with van der Waals surface area (Å²) in [6, 6.07) is 71.8. The van der Waals surface area contributed by atoms with Crippen molar-refractivity contribution in [3.05, 3.63) is 305 Å². The van der Waals surface area contributed by atoms with Gasteiger partial charge < -0.3 is 5.32 Å². The molecule has 0 aliphatic heterocycles. The molecule has 0 bridgehead atoms. The van der Waals surface area contributed by atoms with Crippen molar-refractivity contribution < 1.29 is 24.0 Å². The molecule has 0 saturated carbocycles. The lowest BCUT2D eigenvalue weighted by atomic mass is 10.1. The number of carbonyl (C=O) groups excluding carboxylic acids is 5. The van der Waals surface area contributed by atoms with E-state index in [4.69, 9.17) is 0 Å². The zero-order chi connectivity index (χ0) is 54.1. The molecule has 9 rings (SSSR count). The van der Waals surface area contributed by atoms with Crippen molar-refractivity contribution in [2.24, 2.45) is 0 Å². The maximum Gasteiger partial charge on any atom is 0.222 e. The molecule has 2 aromatic heterocycles. The number of anilines is 1. The van der Waals surface area contributed by atoms with E-state index in [2.05, 4.69) is 15.3 Å². The molecule has 7 aromatic carbocycles. The largest absolute Gasteiger partial charge is 0.311 e. The molecule has 0 radical (unpaired) electrons. The summed E-state index contributed by atoms with van der Waals surface area (Å²) in [5, 5.41) is 3.35. The Morgan fingerprint density at radius 3 is 0.987 bits per heavy atom. The monoisotopic (exact) mass is 1030 g/mol. The molecule has 1 amide bonds. The standard InChI is InChI=1S/C17H13N3O2S.3C17H14O/c1-11(22)19-15-9-13(7-8-18-15)17-20-16(14(10-21)23-17)12-5-3-2-4-6-12;3*18-17(13-11-15-7-3-1-4-8-15)14-12-16-9-5-2-6-10-16/h2-10H,1H3,(H,18,19,22);3*1-14H. The predicted octanol–water partition coefficient (Wildman–Crippen LogP) is 15.6. The van der Waals surface area contributed by atoms with Crippen LogP contribution in [0.25, 0.3) is 58.3 Å². The van der Waals surface area contributed by atoms with Gasteiger partial charge in [-0.05, 0) is 82.0 Å². The van der Waals surface area contributed by atoms with E-state index >= 15 is 0 Å². The summed E-state index contributed by atoms with van der Waals surface area (Å²) in [4.78, 5) is 66.6. The number of nitrogens with zero attached hydrogens (tertiary/aromatic N) is 2. The lowest BCUT2D eigenvalue weighted by Crippen LogP contribution is -2.07. The lowest BCUT2D eigenvalue weighted by Gasteiger charge is -2.02. The van der Waals surface area contributed by atoms with Gasteiger partial charge in [-0.25, -0.2) is 9.97 Å². The highest BCUT2D eigenvalue weighted by atomic mass is 32.1. The number of nitrogens with one attached hydrogen (secondary N) is 1. The molecular weight excluding hydrogens is 971 g/mol. The Balaban J connectivity index is 0.000000167. The van der Waals surface area contributed by atoms with E-state index < -0.39 is 0 Å². The van der Waals surface area contributed by atoms with Crippen molar-refractivity contribution >= 4 is 83.2 Å². The first-order chi connectivity index (χ1) is 37.7. The molecular formula is C68H55N3O5S. The Labute approximate surface area is 454 Å². The van der Waals surface area contributed by atoms with E-state index in [9.17, 15) is 24.0 Å². The van der Waals surface area contributed by atoms with Gasteiger partial charge >= 0.3 is 0 Å². The third-order valence-electron chi connectivity index (χ3n) is 10.6. The number of aldehydes is 1. The minimum atomic E-state index is -0.188. The van der Waals surface area contributed by atoms with E-state index in [0.29, 0.717) is 21.4 Å².